The van der Waals surface area contributed by atoms with Crippen LogP contribution in [0.15, 0.2) is 41.3 Å². The number of sulfonamides is 1. The minimum absolute atomic E-state index is 0.0332. The molecule has 0 bridgehead atoms. The lowest BCUT2D eigenvalue weighted by Gasteiger charge is -2.32. The maximum Gasteiger partial charge on any atom is 0.267 e. The first kappa shape index (κ1) is 21.8. The van der Waals surface area contributed by atoms with E-state index in [9.17, 15) is 13.2 Å². The van der Waals surface area contributed by atoms with Crippen molar-refractivity contribution in [1.82, 2.24) is 14.8 Å². The van der Waals surface area contributed by atoms with Gasteiger partial charge < -0.3 is 14.5 Å². The van der Waals surface area contributed by atoms with E-state index < -0.39 is 10.0 Å². The number of aromatic nitrogens is 1. The van der Waals surface area contributed by atoms with Crippen LogP contribution in [0.3, 0.4) is 0 Å². The van der Waals surface area contributed by atoms with Crippen LogP contribution in [0.4, 0.5) is 5.13 Å². The van der Waals surface area contributed by atoms with Crippen LogP contribution < -0.4 is 9.46 Å². The van der Waals surface area contributed by atoms with Crippen molar-refractivity contribution in [1.29, 1.82) is 0 Å². The molecule has 0 radical (unpaired) electrons. The van der Waals surface area contributed by atoms with Crippen LogP contribution >= 0.6 is 22.9 Å². The third-order valence-electron chi connectivity index (χ3n) is 5.06. The normalized spacial score (nSPS) is 15.3. The van der Waals surface area contributed by atoms with Crippen LogP contribution in [-0.2, 0) is 10.0 Å². The number of carbonyl (C=O) groups is 1. The van der Waals surface area contributed by atoms with Crippen molar-refractivity contribution in [2.45, 2.75) is 4.90 Å². The lowest BCUT2D eigenvalue weighted by molar-refractivity contribution is 0.0664. The number of thiazole rings is 1. The number of piperazine rings is 1. The molecule has 8 nitrogen and oxygen atoms in total. The van der Waals surface area contributed by atoms with Gasteiger partial charge in [-0.15, -0.1) is 0 Å². The molecule has 1 amide bonds. The molecule has 164 valence electrons. The molecule has 1 N–H and O–H groups in total. The second-order valence-electron chi connectivity index (χ2n) is 7.20. The molecule has 0 aliphatic carbocycles. The summed E-state index contributed by atoms with van der Waals surface area (Å²) >= 11 is 7.13. The standard InChI is InChI=1S/C20H21ClN4O4S2/c1-24-7-9-25(10-8-24)19(26)13-3-5-15-17(11-13)30-20(22-15)23-31(27,28)18-12-14(21)4-6-16(18)29-2/h3-6,11-12H,7-10H2,1-2H3,(H,22,23). The Morgan fingerprint density at radius 2 is 1.90 bits per heavy atom. The van der Waals surface area contributed by atoms with Crippen LogP contribution in [-0.4, -0.2) is 69.4 Å². The Bertz CT molecular complexity index is 1240. The lowest BCUT2D eigenvalue weighted by Crippen LogP contribution is -2.47. The fourth-order valence-corrected chi connectivity index (χ4v) is 5.90. The topological polar surface area (TPSA) is 91.8 Å². The Kier molecular flexibility index (Phi) is 6.07. The number of fused-ring (bicyclic) bond motifs is 1. The van der Waals surface area contributed by atoms with Gasteiger partial charge in [0, 0.05) is 36.8 Å². The maximum atomic E-state index is 12.9. The molecular formula is C20H21ClN4O4S2. The number of carbonyl (C=O) groups excluding carboxylic acids is 1. The highest BCUT2D eigenvalue weighted by Crippen LogP contribution is 2.32. The van der Waals surface area contributed by atoms with Crippen molar-refractivity contribution < 1.29 is 17.9 Å². The summed E-state index contributed by atoms with van der Waals surface area (Å²) in [4.78, 5) is 21.1. The van der Waals surface area contributed by atoms with E-state index in [0.29, 0.717) is 24.2 Å². The largest absolute Gasteiger partial charge is 0.495 e. The lowest BCUT2D eigenvalue weighted by atomic mass is 10.1. The van der Waals surface area contributed by atoms with Gasteiger partial charge in [0.2, 0.25) is 0 Å². The first-order chi connectivity index (χ1) is 14.8. The zero-order valence-electron chi connectivity index (χ0n) is 17.0. The quantitative estimate of drug-likeness (QED) is 0.603. The molecule has 1 saturated heterocycles. The van der Waals surface area contributed by atoms with E-state index >= 15 is 0 Å². The number of benzene rings is 2. The Balaban J connectivity index is 1.59. The summed E-state index contributed by atoms with van der Waals surface area (Å²) in [5.41, 5.74) is 1.17. The average molecular weight is 481 g/mol. The molecule has 2 heterocycles. The van der Waals surface area contributed by atoms with Crippen LogP contribution in [0.25, 0.3) is 10.2 Å². The number of amides is 1. The number of hydrogen-bond acceptors (Lipinski definition) is 7. The Labute approximate surface area is 189 Å². The maximum absolute atomic E-state index is 12.9. The van der Waals surface area contributed by atoms with Crippen molar-refractivity contribution in [3.8, 4) is 5.75 Å². The minimum atomic E-state index is -3.97. The number of nitrogens with zero attached hydrogens (tertiary/aromatic N) is 3. The fraction of sp³-hybridized carbons (Fsp3) is 0.300. The molecular weight excluding hydrogens is 460 g/mol. The molecule has 0 saturated carbocycles. The van der Waals surface area contributed by atoms with Crippen LogP contribution in [0, 0.1) is 0 Å². The summed E-state index contributed by atoms with van der Waals surface area (Å²) < 4.78 is 34.1. The molecule has 0 spiro atoms. The summed E-state index contributed by atoms with van der Waals surface area (Å²) in [5, 5.41) is 0.471. The van der Waals surface area contributed by atoms with E-state index in [1.54, 1.807) is 24.3 Å². The second kappa shape index (κ2) is 8.62. The van der Waals surface area contributed by atoms with Crippen molar-refractivity contribution in [3.63, 3.8) is 0 Å². The molecule has 1 aliphatic rings. The van der Waals surface area contributed by atoms with Crippen molar-refractivity contribution in [2.75, 3.05) is 45.1 Å². The van der Waals surface area contributed by atoms with Gasteiger partial charge in [0.25, 0.3) is 15.9 Å². The van der Waals surface area contributed by atoms with E-state index in [2.05, 4.69) is 14.6 Å². The highest BCUT2D eigenvalue weighted by molar-refractivity contribution is 7.93. The highest BCUT2D eigenvalue weighted by atomic mass is 35.5. The SMILES string of the molecule is COc1ccc(Cl)cc1S(=O)(=O)Nc1nc2ccc(C(=O)N3CCN(C)CC3)cc2s1. The molecule has 31 heavy (non-hydrogen) atoms. The first-order valence-corrected chi connectivity index (χ1v) is 12.2. The third kappa shape index (κ3) is 4.62. The van der Waals surface area contributed by atoms with E-state index in [-0.39, 0.29) is 26.7 Å². The number of halogens is 1. The van der Waals surface area contributed by atoms with E-state index in [4.69, 9.17) is 16.3 Å². The Morgan fingerprint density at radius 3 is 2.61 bits per heavy atom. The van der Waals surface area contributed by atoms with Gasteiger partial charge in [0.15, 0.2) is 5.13 Å². The van der Waals surface area contributed by atoms with Crippen LogP contribution in [0.5, 0.6) is 5.75 Å². The van der Waals surface area contributed by atoms with Gasteiger partial charge in [-0.2, -0.15) is 0 Å². The third-order valence-corrected chi connectivity index (χ3v) is 7.72. The number of rotatable bonds is 5. The molecule has 1 aliphatic heterocycles. The molecule has 3 aromatic rings. The monoisotopic (exact) mass is 480 g/mol. The van der Waals surface area contributed by atoms with E-state index in [1.807, 2.05) is 11.9 Å². The first-order valence-electron chi connectivity index (χ1n) is 9.51. The van der Waals surface area contributed by atoms with Crippen LogP contribution in [0.1, 0.15) is 10.4 Å². The predicted octanol–water partition coefficient (Wildman–Crippen LogP) is 3.15. The van der Waals surface area contributed by atoms with Crippen molar-refractivity contribution >= 4 is 54.2 Å². The van der Waals surface area contributed by atoms with E-state index in [0.717, 1.165) is 29.1 Å². The smallest absolute Gasteiger partial charge is 0.267 e. The Morgan fingerprint density at radius 1 is 1.16 bits per heavy atom. The number of likely N-dealkylation sites (N-methyl/N-ethyl adjacent to an activating group) is 1. The minimum Gasteiger partial charge on any atom is -0.495 e. The summed E-state index contributed by atoms with van der Waals surface area (Å²) in [6.45, 7) is 3.05. The van der Waals surface area contributed by atoms with Crippen molar-refractivity contribution in [3.05, 3.63) is 47.0 Å². The van der Waals surface area contributed by atoms with Crippen molar-refractivity contribution in [2.24, 2.45) is 0 Å². The van der Waals surface area contributed by atoms with Gasteiger partial charge in [-0.05, 0) is 43.4 Å². The van der Waals surface area contributed by atoms with Gasteiger partial charge in [-0.1, -0.05) is 22.9 Å². The number of ether oxygens (including phenoxy) is 1. The van der Waals surface area contributed by atoms with Gasteiger partial charge in [0.05, 0.1) is 17.3 Å². The fourth-order valence-electron chi connectivity index (χ4n) is 3.32. The molecule has 4 rings (SSSR count). The second-order valence-corrected chi connectivity index (χ2v) is 10.3. The zero-order chi connectivity index (χ0) is 22.2. The van der Waals surface area contributed by atoms with Gasteiger partial charge in [-0.25, -0.2) is 13.4 Å². The molecule has 1 fully saturated rings. The molecule has 0 unspecified atom stereocenters. The summed E-state index contributed by atoms with van der Waals surface area (Å²) in [6, 6.07) is 9.57. The number of methoxy groups -OCH3 is 1. The number of hydrogen-bond donors (Lipinski definition) is 1. The van der Waals surface area contributed by atoms with Gasteiger partial charge in [-0.3, -0.25) is 9.52 Å². The molecule has 11 heteroatoms. The average Bonchev–Trinajstić information content (AvgIpc) is 3.14. The molecule has 1 aromatic heterocycles. The number of anilines is 1. The summed E-state index contributed by atoms with van der Waals surface area (Å²) in [7, 11) is -0.544. The van der Waals surface area contributed by atoms with Crippen LogP contribution in [0.2, 0.25) is 5.02 Å². The number of nitrogens with one attached hydrogen (secondary N) is 1. The highest BCUT2D eigenvalue weighted by Gasteiger charge is 2.23. The molecule has 0 atom stereocenters. The van der Waals surface area contributed by atoms with Gasteiger partial charge >= 0.3 is 0 Å². The van der Waals surface area contributed by atoms with Gasteiger partial charge in [0.1, 0.15) is 10.6 Å². The van der Waals surface area contributed by atoms with E-state index in [1.165, 1.54) is 19.2 Å². The summed E-state index contributed by atoms with van der Waals surface area (Å²) in [6.07, 6.45) is 0. The predicted molar refractivity (Wildman–Crippen MR) is 122 cm³/mol. The zero-order valence-corrected chi connectivity index (χ0v) is 19.4. The Hall–Kier alpha value is -2.40. The molecule has 2 aromatic carbocycles. The summed E-state index contributed by atoms with van der Waals surface area (Å²) in [5.74, 6) is 0.146.